The van der Waals surface area contributed by atoms with E-state index >= 15 is 0 Å². The van der Waals surface area contributed by atoms with Crippen molar-refractivity contribution in [3.05, 3.63) is 53.0 Å². The standard InChI is InChI=1S/C22H22N4OS/c23-14-16-5-6-18(27-17-7-8-17)13-20(16)26-11-9-25(10-12-26)15-22-24-19-3-1-2-4-21(19)28-22/h1-6,13,17H,7-12,15H2. The molecular weight excluding hydrogens is 368 g/mol. The van der Waals surface area contributed by atoms with Gasteiger partial charge in [-0.05, 0) is 37.1 Å². The summed E-state index contributed by atoms with van der Waals surface area (Å²) in [6, 6.07) is 16.5. The molecule has 28 heavy (non-hydrogen) atoms. The summed E-state index contributed by atoms with van der Waals surface area (Å²) < 4.78 is 7.18. The molecule has 0 bridgehead atoms. The highest BCUT2D eigenvalue weighted by Gasteiger charge is 2.25. The molecule has 2 aromatic carbocycles. The van der Waals surface area contributed by atoms with Gasteiger partial charge in [0.15, 0.2) is 0 Å². The first-order valence-electron chi connectivity index (χ1n) is 9.81. The number of nitriles is 1. The fraction of sp³-hybridized carbons (Fsp3) is 0.364. The van der Waals surface area contributed by atoms with Crippen molar-refractivity contribution < 1.29 is 4.74 Å². The fourth-order valence-electron chi connectivity index (χ4n) is 3.65. The SMILES string of the molecule is N#Cc1ccc(OC2CC2)cc1N1CCN(Cc2nc3ccccc3s2)CC1. The van der Waals surface area contributed by atoms with Gasteiger partial charge in [-0.3, -0.25) is 4.90 Å². The first-order valence-corrected chi connectivity index (χ1v) is 10.6. The third-order valence-corrected chi connectivity index (χ3v) is 6.35. The van der Waals surface area contributed by atoms with Crippen LogP contribution in [0.4, 0.5) is 5.69 Å². The second-order valence-corrected chi connectivity index (χ2v) is 8.56. The maximum Gasteiger partial charge on any atom is 0.121 e. The number of piperazine rings is 1. The van der Waals surface area contributed by atoms with Crippen molar-refractivity contribution in [2.24, 2.45) is 0 Å². The van der Waals surface area contributed by atoms with E-state index in [4.69, 9.17) is 9.72 Å². The van der Waals surface area contributed by atoms with Gasteiger partial charge in [0.2, 0.25) is 0 Å². The molecule has 0 amide bonds. The first-order chi connectivity index (χ1) is 13.8. The van der Waals surface area contributed by atoms with Crippen LogP contribution in [0.15, 0.2) is 42.5 Å². The van der Waals surface area contributed by atoms with Gasteiger partial charge >= 0.3 is 0 Å². The monoisotopic (exact) mass is 390 g/mol. The normalized spacial score (nSPS) is 17.6. The lowest BCUT2D eigenvalue weighted by Crippen LogP contribution is -2.46. The lowest BCUT2D eigenvalue weighted by Gasteiger charge is -2.36. The average Bonchev–Trinajstić information content (AvgIpc) is 3.45. The maximum absolute atomic E-state index is 9.52. The van der Waals surface area contributed by atoms with Crippen LogP contribution in [-0.4, -0.2) is 42.2 Å². The molecule has 0 N–H and O–H groups in total. The lowest BCUT2D eigenvalue weighted by atomic mass is 10.1. The Morgan fingerprint density at radius 1 is 1.11 bits per heavy atom. The zero-order valence-electron chi connectivity index (χ0n) is 15.7. The summed E-state index contributed by atoms with van der Waals surface area (Å²) >= 11 is 1.78. The van der Waals surface area contributed by atoms with Crippen LogP contribution in [0, 0.1) is 11.3 Å². The Morgan fingerprint density at radius 2 is 1.93 bits per heavy atom. The lowest BCUT2D eigenvalue weighted by molar-refractivity contribution is 0.249. The molecule has 142 valence electrons. The Balaban J connectivity index is 1.25. The summed E-state index contributed by atoms with van der Waals surface area (Å²) in [5, 5.41) is 10.7. The maximum atomic E-state index is 9.52. The summed E-state index contributed by atoms with van der Waals surface area (Å²) in [4.78, 5) is 9.52. The summed E-state index contributed by atoms with van der Waals surface area (Å²) in [5.74, 6) is 0.883. The molecule has 2 fully saturated rings. The minimum absolute atomic E-state index is 0.367. The third kappa shape index (κ3) is 3.68. The zero-order valence-corrected chi connectivity index (χ0v) is 16.5. The number of fused-ring (bicyclic) bond motifs is 1. The van der Waals surface area contributed by atoms with Crippen molar-refractivity contribution >= 4 is 27.2 Å². The summed E-state index contributed by atoms with van der Waals surface area (Å²) in [6.45, 7) is 4.64. The number of anilines is 1. The van der Waals surface area contributed by atoms with Gasteiger partial charge in [-0.1, -0.05) is 12.1 Å². The Labute approximate surface area is 168 Å². The number of benzene rings is 2. The quantitative estimate of drug-likeness (QED) is 0.658. The van der Waals surface area contributed by atoms with E-state index in [1.807, 2.05) is 24.3 Å². The van der Waals surface area contributed by atoms with Crippen LogP contribution in [-0.2, 0) is 6.54 Å². The smallest absolute Gasteiger partial charge is 0.121 e. The summed E-state index contributed by atoms with van der Waals surface area (Å²) in [7, 11) is 0. The fourth-order valence-corrected chi connectivity index (χ4v) is 4.65. The molecule has 0 atom stereocenters. The molecule has 6 heteroatoms. The van der Waals surface area contributed by atoms with Crippen LogP contribution in [0.1, 0.15) is 23.4 Å². The topological polar surface area (TPSA) is 52.4 Å². The summed E-state index contributed by atoms with van der Waals surface area (Å²) in [6.07, 6.45) is 2.64. The van der Waals surface area contributed by atoms with E-state index in [2.05, 4.69) is 34.1 Å². The van der Waals surface area contributed by atoms with Crippen molar-refractivity contribution in [2.75, 3.05) is 31.1 Å². The zero-order chi connectivity index (χ0) is 18.9. The van der Waals surface area contributed by atoms with Crippen molar-refractivity contribution in [2.45, 2.75) is 25.5 Å². The van der Waals surface area contributed by atoms with E-state index in [0.717, 1.165) is 68.1 Å². The van der Waals surface area contributed by atoms with Crippen LogP contribution >= 0.6 is 11.3 Å². The molecule has 1 aliphatic heterocycles. The van der Waals surface area contributed by atoms with E-state index in [-0.39, 0.29) is 0 Å². The van der Waals surface area contributed by atoms with E-state index in [1.165, 1.54) is 9.71 Å². The van der Waals surface area contributed by atoms with Gasteiger partial charge in [0.1, 0.15) is 16.8 Å². The number of para-hydroxylation sites is 1. The Kier molecular flexibility index (Phi) is 4.63. The molecule has 1 aromatic heterocycles. The molecule has 5 rings (SSSR count). The van der Waals surface area contributed by atoms with E-state index < -0.39 is 0 Å². The second-order valence-electron chi connectivity index (χ2n) is 7.45. The number of thiazole rings is 1. The highest BCUT2D eigenvalue weighted by Crippen LogP contribution is 2.32. The second kappa shape index (κ2) is 7.42. The molecule has 2 aliphatic rings. The number of ether oxygens (including phenoxy) is 1. The molecule has 3 aromatic rings. The van der Waals surface area contributed by atoms with E-state index in [9.17, 15) is 5.26 Å². The van der Waals surface area contributed by atoms with Gasteiger partial charge in [-0.15, -0.1) is 11.3 Å². The number of hydrogen-bond acceptors (Lipinski definition) is 6. The molecular formula is C22H22N4OS. The van der Waals surface area contributed by atoms with Crippen LogP contribution in [0.2, 0.25) is 0 Å². The van der Waals surface area contributed by atoms with Crippen molar-refractivity contribution in [1.29, 1.82) is 5.26 Å². The number of hydrogen-bond donors (Lipinski definition) is 0. The molecule has 0 unspecified atom stereocenters. The Bertz CT molecular complexity index is 995. The predicted octanol–water partition coefficient (Wildman–Crippen LogP) is 4.03. The van der Waals surface area contributed by atoms with Crippen molar-refractivity contribution in [3.8, 4) is 11.8 Å². The number of aromatic nitrogens is 1. The minimum atomic E-state index is 0.367. The average molecular weight is 391 g/mol. The van der Waals surface area contributed by atoms with Gasteiger partial charge in [0.25, 0.3) is 0 Å². The van der Waals surface area contributed by atoms with Crippen LogP contribution < -0.4 is 9.64 Å². The van der Waals surface area contributed by atoms with Crippen molar-refractivity contribution in [3.63, 3.8) is 0 Å². The van der Waals surface area contributed by atoms with Gasteiger partial charge in [-0.25, -0.2) is 4.98 Å². The van der Waals surface area contributed by atoms with Crippen LogP contribution in [0.25, 0.3) is 10.2 Å². The van der Waals surface area contributed by atoms with Gasteiger partial charge in [0, 0.05) is 32.2 Å². The van der Waals surface area contributed by atoms with Crippen LogP contribution in [0.5, 0.6) is 5.75 Å². The Morgan fingerprint density at radius 3 is 2.68 bits per heavy atom. The molecule has 2 heterocycles. The third-order valence-electron chi connectivity index (χ3n) is 5.33. The minimum Gasteiger partial charge on any atom is -0.490 e. The predicted molar refractivity (Wildman–Crippen MR) is 112 cm³/mol. The highest BCUT2D eigenvalue weighted by molar-refractivity contribution is 7.18. The van der Waals surface area contributed by atoms with Gasteiger partial charge in [-0.2, -0.15) is 5.26 Å². The molecule has 0 spiro atoms. The van der Waals surface area contributed by atoms with E-state index in [0.29, 0.717) is 6.10 Å². The molecule has 0 radical (unpaired) electrons. The molecule has 1 saturated carbocycles. The van der Waals surface area contributed by atoms with Gasteiger partial charge < -0.3 is 9.64 Å². The van der Waals surface area contributed by atoms with Crippen molar-refractivity contribution in [1.82, 2.24) is 9.88 Å². The first kappa shape index (κ1) is 17.5. The summed E-state index contributed by atoms with van der Waals surface area (Å²) in [5.41, 5.74) is 2.82. The molecule has 1 saturated heterocycles. The largest absolute Gasteiger partial charge is 0.490 e. The molecule has 5 nitrogen and oxygen atoms in total. The number of nitrogens with zero attached hydrogens (tertiary/aromatic N) is 4. The van der Waals surface area contributed by atoms with Gasteiger partial charge in [0.05, 0.1) is 34.1 Å². The highest BCUT2D eigenvalue weighted by atomic mass is 32.1. The number of rotatable bonds is 5. The van der Waals surface area contributed by atoms with E-state index in [1.54, 1.807) is 11.3 Å². The van der Waals surface area contributed by atoms with Crippen LogP contribution in [0.3, 0.4) is 0 Å². The Hall–Kier alpha value is -2.62. The molecule has 1 aliphatic carbocycles.